The number of hydrogen-bond donors (Lipinski definition) is 2. The number of amides is 1. The number of carbonyl (C=O) groups excluding carboxylic acids is 1. The highest BCUT2D eigenvalue weighted by molar-refractivity contribution is 6.30. The Hall–Kier alpha value is -2.87. The molecular weight excluding hydrogens is 322 g/mol. The second kappa shape index (κ2) is 6.49. The third kappa shape index (κ3) is 3.86. The van der Waals surface area contributed by atoms with Crippen LogP contribution in [-0.2, 0) is 4.79 Å². The SMILES string of the molecule is Cc1cc(OCC(=O)Nc2n[nH]c(-c3cccc(Cl)c3)n2)no1. The Labute approximate surface area is 135 Å². The van der Waals surface area contributed by atoms with Crippen molar-refractivity contribution in [3.05, 3.63) is 41.1 Å². The third-order valence-corrected chi connectivity index (χ3v) is 3.03. The monoisotopic (exact) mass is 333 g/mol. The Balaban J connectivity index is 1.59. The molecule has 0 aliphatic heterocycles. The van der Waals surface area contributed by atoms with Gasteiger partial charge in [0.05, 0.1) is 0 Å². The van der Waals surface area contributed by atoms with Gasteiger partial charge in [0.15, 0.2) is 12.4 Å². The molecule has 2 N–H and O–H groups in total. The first kappa shape index (κ1) is 15.0. The van der Waals surface area contributed by atoms with Crippen LogP contribution in [-0.4, -0.2) is 32.9 Å². The van der Waals surface area contributed by atoms with Crippen molar-refractivity contribution in [2.24, 2.45) is 0 Å². The zero-order valence-electron chi connectivity index (χ0n) is 12.0. The molecule has 1 aromatic carbocycles. The number of H-pyrrole nitrogens is 1. The number of nitrogens with one attached hydrogen (secondary N) is 2. The van der Waals surface area contributed by atoms with Gasteiger partial charge in [0.1, 0.15) is 5.76 Å². The van der Waals surface area contributed by atoms with E-state index in [1.165, 1.54) is 0 Å². The summed E-state index contributed by atoms with van der Waals surface area (Å²) in [5, 5.41) is 13.4. The van der Waals surface area contributed by atoms with Gasteiger partial charge in [-0.15, -0.1) is 5.10 Å². The molecule has 0 aliphatic rings. The highest BCUT2D eigenvalue weighted by atomic mass is 35.5. The lowest BCUT2D eigenvalue weighted by Gasteiger charge is -2.01. The molecule has 118 valence electrons. The van der Waals surface area contributed by atoms with Crippen molar-refractivity contribution >= 4 is 23.5 Å². The molecule has 0 saturated heterocycles. The van der Waals surface area contributed by atoms with E-state index >= 15 is 0 Å². The molecule has 0 fully saturated rings. The average Bonchev–Trinajstić information content (AvgIpc) is 3.14. The lowest BCUT2D eigenvalue weighted by molar-refractivity contribution is -0.118. The molecule has 0 bridgehead atoms. The molecule has 8 nitrogen and oxygen atoms in total. The van der Waals surface area contributed by atoms with Crippen molar-refractivity contribution in [3.8, 4) is 17.3 Å². The van der Waals surface area contributed by atoms with Gasteiger partial charge in [0.2, 0.25) is 5.95 Å². The minimum atomic E-state index is -0.415. The molecule has 0 atom stereocenters. The van der Waals surface area contributed by atoms with Crippen molar-refractivity contribution in [2.45, 2.75) is 6.92 Å². The number of anilines is 1. The molecule has 0 aliphatic carbocycles. The number of aryl methyl sites for hydroxylation is 1. The molecule has 0 saturated carbocycles. The number of rotatable bonds is 5. The predicted octanol–water partition coefficient (Wildman–Crippen LogP) is 2.44. The smallest absolute Gasteiger partial charge is 0.264 e. The number of benzene rings is 1. The molecule has 1 amide bonds. The van der Waals surface area contributed by atoms with Crippen LogP contribution in [0, 0.1) is 6.92 Å². The fourth-order valence-corrected chi connectivity index (χ4v) is 1.98. The van der Waals surface area contributed by atoms with Gasteiger partial charge in [0, 0.05) is 16.7 Å². The van der Waals surface area contributed by atoms with Crippen molar-refractivity contribution < 1.29 is 14.1 Å². The number of carbonyl (C=O) groups is 1. The molecular formula is C14H12ClN5O3. The molecule has 0 radical (unpaired) electrons. The standard InChI is InChI=1S/C14H12ClN5O3/c1-8-5-12(20-23-8)22-7-11(21)16-14-17-13(18-19-14)9-3-2-4-10(15)6-9/h2-6H,7H2,1H3,(H2,16,17,18,19,21). The molecule has 0 spiro atoms. The van der Waals surface area contributed by atoms with E-state index in [-0.39, 0.29) is 18.4 Å². The van der Waals surface area contributed by atoms with Crippen molar-refractivity contribution in [1.82, 2.24) is 20.3 Å². The van der Waals surface area contributed by atoms with Gasteiger partial charge in [-0.1, -0.05) is 23.7 Å². The molecule has 9 heteroatoms. The minimum absolute atomic E-state index is 0.143. The summed E-state index contributed by atoms with van der Waals surface area (Å²) in [5.74, 6) is 1.07. The molecule has 3 aromatic rings. The first-order chi connectivity index (χ1) is 11.1. The molecule has 2 heterocycles. The van der Waals surface area contributed by atoms with E-state index in [0.29, 0.717) is 16.6 Å². The molecule has 23 heavy (non-hydrogen) atoms. The van der Waals surface area contributed by atoms with Crippen LogP contribution in [0.15, 0.2) is 34.9 Å². The average molecular weight is 334 g/mol. The predicted molar refractivity (Wildman–Crippen MR) is 82.2 cm³/mol. The largest absolute Gasteiger partial charge is 0.465 e. The molecule has 3 rings (SSSR count). The lowest BCUT2D eigenvalue weighted by Crippen LogP contribution is -2.20. The second-order valence-electron chi connectivity index (χ2n) is 4.63. The normalized spacial score (nSPS) is 10.5. The number of halogens is 1. The summed E-state index contributed by atoms with van der Waals surface area (Å²) in [7, 11) is 0. The summed E-state index contributed by atoms with van der Waals surface area (Å²) in [6.07, 6.45) is 0. The summed E-state index contributed by atoms with van der Waals surface area (Å²) in [6.45, 7) is 1.50. The van der Waals surface area contributed by atoms with Gasteiger partial charge in [-0.05, 0) is 24.2 Å². The van der Waals surface area contributed by atoms with E-state index in [2.05, 4.69) is 25.7 Å². The van der Waals surface area contributed by atoms with Gasteiger partial charge >= 0.3 is 0 Å². The van der Waals surface area contributed by atoms with Crippen LogP contribution >= 0.6 is 11.6 Å². The number of nitrogens with zero attached hydrogens (tertiary/aromatic N) is 3. The summed E-state index contributed by atoms with van der Waals surface area (Å²) >= 11 is 5.93. The zero-order valence-corrected chi connectivity index (χ0v) is 12.8. The highest BCUT2D eigenvalue weighted by Crippen LogP contribution is 2.20. The fourth-order valence-electron chi connectivity index (χ4n) is 1.79. The molecule has 0 unspecified atom stereocenters. The number of aromatic nitrogens is 4. The molecule has 2 aromatic heterocycles. The van der Waals surface area contributed by atoms with Gasteiger partial charge in [0.25, 0.3) is 11.8 Å². The number of ether oxygens (including phenoxy) is 1. The zero-order chi connectivity index (χ0) is 16.2. The van der Waals surface area contributed by atoms with Crippen LogP contribution in [0.5, 0.6) is 5.88 Å². The summed E-state index contributed by atoms with van der Waals surface area (Å²) < 4.78 is 10.00. The fraction of sp³-hybridized carbons (Fsp3) is 0.143. The van der Waals surface area contributed by atoms with Crippen LogP contribution < -0.4 is 10.1 Å². The van der Waals surface area contributed by atoms with Gasteiger partial charge in [-0.3, -0.25) is 15.2 Å². The van der Waals surface area contributed by atoms with Gasteiger partial charge in [-0.25, -0.2) is 0 Å². The summed E-state index contributed by atoms with van der Waals surface area (Å²) in [5.41, 5.74) is 0.764. The maximum atomic E-state index is 11.8. The van der Waals surface area contributed by atoms with E-state index in [1.54, 1.807) is 31.2 Å². The summed E-state index contributed by atoms with van der Waals surface area (Å²) in [6, 6.07) is 8.70. The lowest BCUT2D eigenvalue weighted by atomic mass is 10.2. The third-order valence-electron chi connectivity index (χ3n) is 2.79. The number of aromatic amines is 1. The van der Waals surface area contributed by atoms with Crippen LogP contribution in [0.25, 0.3) is 11.4 Å². The van der Waals surface area contributed by atoms with Crippen molar-refractivity contribution in [1.29, 1.82) is 0 Å². The van der Waals surface area contributed by atoms with Crippen molar-refractivity contribution in [2.75, 3.05) is 11.9 Å². The van der Waals surface area contributed by atoms with E-state index in [9.17, 15) is 4.79 Å². The van der Waals surface area contributed by atoms with Gasteiger partial charge < -0.3 is 9.26 Å². The Morgan fingerprint density at radius 1 is 1.43 bits per heavy atom. The Kier molecular flexibility index (Phi) is 4.24. The maximum absolute atomic E-state index is 11.8. The maximum Gasteiger partial charge on any atom is 0.264 e. The van der Waals surface area contributed by atoms with Crippen LogP contribution in [0.1, 0.15) is 5.76 Å². The number of hydrogen-bond acceptors (Lipinski definition) is 6. The van der Waals surface area contributed by atoms with Crippen LogP contribution in [0.2, 0.25) is 5.02 Å². The van der Waals surface area contributed by atoms with Gasteiger partial charge in [-0.2, -0.15) is 4.98 Å². The second-order valence-corrected chi connectivity index (χ2v) is 5.07. The van der Waals surface area contributed by atoms with Crippen molar-refractivity contribution in [3.63, 3.8) is 0 Å². The quantitative estimate of drug-likeness (QED) is 0.742. The van der Waals surface area contributed by atoms with Crippen LogP contribution in [0.3, 0.4) is 0 Å². The minimum Gasteiger partial charge on any atom is -0.465 e. The van der Waals surface area contributed by atoms with Crippen LogP contribution in [0.4, 0.5) is 5.95 Å². The summed E-state index contributed by atoms with van der Waals surface area (Å²) in [4.78, 5) is 16.0. The Bertz CT molecular complexity index is 829. The topological polar surface area (TPSA) is 106 Å². The highest BCUT2D eigenvalue weighted by Gasteiger charge is 2.11. The van der Waals surface area contributed by atoms with E-state index in [4.69, 9.17) is 20.9 Å². The first-order valence-corrected chi connectivity index (χ1v) is 7.02. The first-order valence-electron chi connectivity index (χ1n) is 6.64. The van der Waals surface area contributed by atoms with E-state index in [1.807, 2.05) is 6.07 Å². The van der Waals surface area contributed by atoms with E-state index < -0.39 is 5.91 Å². The Morgan fingerprint density at radius 2 is 2.30 bits per heavy atom. The Morgan fingerprint density at radius 3 is 3.04 bits per heavy atom. The van der Waals surface area contributed by atoms with E-state index in [0.717, 1.165) is 5.56 Å².